The Morgan fingerprint density at radius 3 is 2.95 bits per heavy atom. The quantitative estimate of drug-likeness (QED) is 0.937. The van der Waals surface area contributed by atoms with Crippen LogP contribution >= 0.6 is 15.9 Å². The third-order valence-corrected chi connectivity index (χ3v) is 3.32. The molecule has 0 aliphatic heterocycles. The van der Waals surface area contributed by atoms with Gasteiger partial charge in [0.25, 0.3) is 5.91 Å². The number of nitrogens with one attached hydrogen (secondary N) is 1. The van der Waals surface area contributed by atoms with Gasteiger partial charge in [-0.2, -0.15) is 5.10 Å². The fourth-order valence-electron chi connectivity index (χ4n) is 1.65. The number of ether oxygens (including phenoxy) is 1. The van der Waals surface area contributed by atoms with E-state index in [2.05, 4.69) is 26.3 Å². The Hall–Kier alpha value is -1.82. The first kappa shape index (κ1) is 13.6. The van der Waals surface area contributed by atoms with Gasteiger partial charge >= 0.3 is 0 Å². The molecule has 0 aliphatic rings. The summed E-state index contributed by atoms with van der Waals surface area (Å²) in [6.07, 6.45) is 3.59. The Labute approximate surface area is 119 Å². The molecule has 0 unspecified atom stereocenters. The van der Waals surface area contributed by atoms with Crippen LogP contribution in [0.2, 0.25) is 0 Å². The minimum Gasteiger partial charge on any atom is -0.497 e. The van der Waals surface area contributed by atoms with Gasteiger partial charge in [0.15, 0.2) is 0 Å². The number of aromatic nitrogens is 2. The Morgan fingerprint density at radius 1 is 1.53 bits per heavy atom. The van der Waals surface area contributed by atoms with E-state index < -0.39 is 0 Å². The standard InChI is InChI=1S/C13H14BrN3O2/c1-17-8-9(7-16-17)6-15-13(18)11-5-10(19-2)3-4-12(11)14/h3-5,7-8H,6H2,1-2H3,(H,15,18). The average Bonchev–Trinajstić information content (AvgIpc) is 2.82. The van der Waals surface area contributed by atoms with Crippen LogP contribution < -0.4 is 10.1 Å². The molecule has 0 aliphatic carbocycles. The highest BCUT2D eigenvalue weighted by Gasteiger charge is 2.11. The lowest BCUT2D eigenvalue weighted by molar-refractivity contribution is 0.0950. The molecule has 0 fully saturated rings. The van der Waals surface area contributed by atoms with Crippen molar-refractivity contribution in [2.45, 2.75) is 6.54 Å². The number of methoxy groups -OCH3 is 1. The number of aryl methyl sites for hydroxylation is 1. The summed E-state index contributed by atoms with van der Waals surface area (Å²) in [4.78, 5) is 12.1. The molecule has 1 N–H and O–H groups in total. The zero-order chi connectivity index (χ0) is 13.8. The van der Waals surface area contributed by atoms with E-state index in [0.29, 0.717) is 17.9 Å². The second-order valence-electron chi connectivity index (χ2n) is 4.05. The van der Waals surface area contributed by atoms with Crippen molar-refractivity contribution in [2.24, 2.45) is 7.05 Å². The van der Waals surface area contributed by atoms with Crippen LogP contribution in [0.25, 0.3) is 0 Å². The van der Waals surface area contributed by atoms with Crippen LogP contribution in [0.15, 0.2) is 35.1 Å². The fraction of sp³-hybridized carbons (Fsp3) is 0.231. The maximum atomic E-state index is 12.1. The average molecular weight is 324 g/mol. The third-order valence-electron chi connectivity index (χ3n) is 2.63. The number of halogens is 1. The number of nitrogens with zero attached hydrogens (tertiary/aromatic N) is 2. The highest BCUT2D eigenvalue weighted by Crippen LogP contribution is 2.22. The number of amides is 1. The molecule has 1 aromatic carbocycles. The summed E-state index contributed by atoms with van der Waals surface area (Å²) in [6, 6.07) is 5.28. The molecular weight excluding hydrogens is 310 g/mol. The van der Waals surface area contributed by atoms with E-state index in [1.807, 2.05) is 13.2 Å². The largest absolute Gasteiger partial charge is 0.497 e. The summed E-state index contributed by atoms with van der Waals surface area (Å²) in [5.41, 5.74) is 1.50. The molecule has 0 atom stereocenters. The van der Waals surface area contributed by atoms with Gasteiger partial charge in [0.1, 0.15) is 5.75 Å². The second kappa shape index (κ2) is 5.88. The van der Waals surface area contributed by atoms with Gasteiger partial charge in [-0.1, -0.05) is 0 Å². The van der Waals surface area contributed by atoms with Crippen molar-refractivity contribution in [3.05, 3.63) is 46.2 Å². The van der Waals surface area contributed by atoms with Crippen molar-refractivity contribution in [1.82, 2.24) is 15.1 Å². The van der Waals surface area contributed by atoms with E-state index in [0.717, 1.165) is 10.0 Å². The molecule has 0 radical (unpaired) electrons. The van der Waals surface area contributed by atoms with Crippen molar-refractivity contribution in [2.75, 3.05) is 7.11 Å². The lowest BCUT2D eigenvalue weighted by Gasteiger charge is -2.07. The van der Waals surface area contributed by atoms with Crippen LogP contribution in [-0.2, 0) is 13.6 Å². The van der Waals surface area contributed by atoms with E-state index in [4.69, 9.17) is 4.74 Å². The van der Waals surface area contributed by atoms with Gasteiger partial charge < -0.3 is 10.1 Å². The predicted octanol–water partition coefficient (Wildman–Crippen LogP) is 2.12. The van der Waals surface area contributed by atoms with Crippen LogP contribution in [0, 0.1) is 0 Å². The first-order chi connectivity index (χ1) is 9.10. The maximum Gasteiger partial charge on any atom is 0.252 e. The van der Waals surface area contributed by atoms with E-state index in [9.17, 15) is 4.79 Å². The Balaban J connectivity index is 2.07. The molecule has 0 bridgehead atoms. The maximum absolute atomic E-state index is 12.1. The van der Waals surface area contributed by atoms with Gasteiger partial charge in [-0.15, -0.1) is 0 Å². The molecule has 6 heteroatoms. The number of hydrogen-bond acceptors (Lipinski definition) is 3. The van der Waals surface area contributed by atoms with Crippen molar-refractivity contribution >= 4 is 21.8 Å². The number of hydrogen-bond donors (Lipinski definition) is 1. The summed E-state index contributed by atoms with van der Waals surface area (Å²) in [6.45, 7) is 0.441. The van der Waals surface area contributed by atoms with Crippen molar-refractivity contribution in [3.63, 3.8) is 0 Å². The number of benzene rings is 1. The van der Waals surface area contributed by atoms with Gasteiger partial charge in [0, 0.05) is 29.8 Å². The monoisotopic (exact) mass is 323 g/mol. The van der Waals surface area contributed by atoms with Crippen LogP contribution in [0.3, 0.4) is 0 Å². The topological polar surface area (TPSA) is 56.1 Å². The smallest absolute Gasteiger partial charge is 0.252 e. The molecule has 0 saturated heterocycles. The molecule has 19 heavy (non-hydrogen) atoms. The summed E-state index contributed by atoms with van der Waals surface area (Å²) >= 11 is 3.36. The molecule has 1 amide bonds. The highest BCUT2D eigenvalue weighted by molar-refractivity contribution is 9.10. The van der Waals surface area contributed by atoms with Crippen LogP contribution in [0.1, 0.15) is 15.9 Å². The van der Waals surface area contributed by atoms with Gasteiger partial charge in [0.2, 0.25) is 0 Å². The van der Waals surface area contributed by atoms with Crippen molar-refractivity contribution in [1.29, 1.82) is 0 Å². The zero-order valence-electron chi connectivity index (χ0n) is 10.7. The van der Waals surface area contributed by atoms with Crippen molar-refractivity contribution < 1.29 is 9.53 Å². The molecule has 0 spiro atoms. The number of carbonyl (C=O) groups excluding carboxylic acids is 1. The summed E-state index contributed by atoms with van der Waals surface area (Å²) in [5, 5.41) is 6.89. The molecule has 100 valence electrons. The minimum atomic E-state index is -0.158. The van der Waals surface area contributed by atoms with Crippen molar-refractivity contribution in [3.8, 4) is 5.75 Å². The molecule has 0 saturated carbocycles. The predicted molar refractivity (Wildman–Crippen MR) is 75.1 cm³/mol. The molecule has 2 rings (SSSR count). The van der Waals surface area contributed by atoms with E-state index in [1.54, 1.807) is 36.2 Å². The molecule has 1 aromatic heterocycles. The molecular formula is C13H14BrN3O2. The zero-order valence-corrected chi connectivity index (χ0v) is 12.3. The van der Waals surface area contributed by atoms with Gasteiger partial charge in [-0.3, -0.25) is 9.48 Å². The first-order valence-electron chi connectivity index (χ1n) is 5.69. The van der Waals surface area contributed by atoms with Gasteiger partial charge in [-0.05, 0) is 34.1 Å². The minimum absolute atomic E-state index is 0.158. The molecule has 1 heterocycles. The summed E-state index contributed by atoms with van der Waals surface area (Å²) < 4.78 is 7.54. The Kier molecular flexibility index (Phi) is 4.21. The van der Waals surface area contributed by atoms with E-state index >= 15 is 0 Å². The van der Waals surface area contributed by atoms with Gasteiger partial charge in [-0.25, -0.2) is 0 Å². The first-order valence-corrected chi connectivity index (χ1v) is 6.48. The third kappa shape index (κ3) is 3.35. The fourth-order valence-corrected chi connectivity index (χ4v) is 2.07. The van der Waals surface area contributed by atoms with Gasteiger partial charge in [0.05, 0.1) is 18.9 Å². The lowest BCUT2D eigenvalue weighted by Crippen LogP contribution is -2.23. The van der Waals surface area contributed by atoms with Crippen LogP contribution in [0.5, 0.6) is 5.75 Å². The molecule has 2 aromatic rings. The molecule has 5 nitrogen and oxygen atoms in total. The Morgan fingerprint density at radius 2 is 2.32 bits per heavy atom. The normalized spacial score (nSPS) is 10.3. The van der Waals surface area contributed by atoms with E-state index in [-0.39, 0.29) is 5.91 Å². The highest BCUT2D eigenvalue weighted by atomic mass is 79.9. The van der Waals surface area contributed by atoms with Crippen LogP contribution in [0.4, 0.5) is 0 Å². The Bertz CT molecular complexity index is 595. The number of carbonyl (C=O) groups is 1. The summed E-state index contributed by atoms with van der Waals surface area (Å²) in [7, 11) is 3.41. The summed E-state index contributed by atoms with van der Waals surface area (Å²) in [5.74, 6) is 0.490. The lowest BCUT2D eigenvalue weighted by atomic mass is 10.2. The number of rotatable bonds is 4. The van der Waals surface area contributed by atoms with Crippen LogP contribution in [-0.4, -0.2) is 22.8 Å². The van der Waals surface area contributed by atoms with E-state index in [1.165, 1.54) is 0 Å². The second-order valence-corrected chi connectivity index (χ2v) is 4.91. The SMILES string of the molecule is COc1ccc(Br)c(C(=O)NCc2cnn(C)c2)c1.